The Morgan fingerprint density at radius 2 is 1.94 bits per heavy atom. The van der Waals surface area contributed by atoms with Crippen molar-refractivity contribution in [1.29, 1.82) is 0 Å². The lowest BCUT2D eigenvalue weighted by molar-refractivity contribution is -0.138. The minimum Gasteiger partial charge on any atom is -0.493 e. The Morgan fingerprint density at radius 3 is 2.65 bits per heavy atom. The zero-order valence-electron chi connectivity index (χ0n) is 16.3. The van der Waals surface area contributed by atoms with Crippen molar-refractivity contribution in [3.05, 3.63) is 57.8 Å². The van der Waals surface area contributed by atoms with Crippen molar-refractivity contribution in [1.82, 2.24) is 20.5 Å². The van der Waals surface area contributed by atoms with Gasteiger partial charge in [-0.1, -0.05) is 18.2 Å². The summed E-state index contributed by atoms with van der Waals surface area (Å²) in [6.45, 7) is -0.664. The van der Waals surface area contributed by atoms with Crippen LogP contribution in [0.4, 0.5) is 0 Å². The molecular formula is C20H20N4O6S. The molecule has 11 heteroatoms. The van der Waals surface area contributed by atoms with Gasteiger partial charge in [-0.3, -0.25) is 24.6 Å². The molecule has 0 bridgehead atoms. The minimum atomic E-state index is -1.26. The molecule has 0 spiro atoms. The molecule has 1 aliphatic carbocycles. The van der Waals surface area contributed by atoms with E-state index in [4.69, 9.17) is 5.11 Å². The van der Waals surface area contributed by atoms with Gasteiger partial charge in [0, 0.05) is 22.9 Å². The van der Waals surface area contributed by atoms with E-state index in [-0.39, 0.29) is 11.9 Å². The standard InChI is InChI=1S/C20H20N4O6S/c25-14(26)9-21-19(29)15-17(27)16-12-7-6-11(8-13(12)31-24(16)23-20(15)30)22-18(28)10-4-2-1-3-5-10/h1-5,11,16,23,30H,6-9H2,(H,21,29)(H,22,28)(H,25,26). The molecular weight excluding hydrogens is 424 g/mol. The van der Waals surface area contributed by atoms with Crippen LogP contribution in [-0.4, -0.2) is 56.8 Å². The quantitative estimate of drug-likeness (QED) is 0.325. The number of Topliss-reactive ketones (excluding diaryl/α,β-unsaturated/α-hetero) is 1. The number of hydrazine groups is 1. The SMILES string of the molecule is O=C(O)CNC(=O)C1=C(O)NN2SC3=C(CCC(NC(=O)c4ccccc4)C3)C2C1=O. The topological polar surface area (TPSA) is 148 Å². The van der Waals surface area contributed by atoms with Crippen LogP contribution >= 0.6 is 11.9 Å². The first-order valence-corrected chi connectivity index (χ1v) is 10.4. The van der Waals surface area contributed by atoms with Crippen LogP contribution in [-0.2, 0) is 14.4 Å². The Kier molecular flexibility index (Phi) is 5.70. The Labute approximate surface area is 181 Å². The van der Waals surface area contributed by atoms with Crippen molar-refractivity contribution in [3.63, 3.8) is 0 Å². The number of hydrogen-bond donors (Lipinski definition) is 5. The number of nitrogens with one attached hydrogen (secondary N) is 3. The Morgan fingerprint density at radius 1 is 1.19 bits per heavy atom. The summed E-state index contributed by atoms with van der Waals surface area (Å²) >= 11 is 1.25. The second-order valence-corrected chi connectivity index (χ2v) is 8.39. The van der Waals surface area contributed by atoms with Crippen LogP contribution in [0, 0.1) is 0 Å². The molecule has 1 aromatic carbocycles. The number of fused-ring (bicyclic) bond motifs is 2. The van der Waals surface area contributed by atoms with Crippen LogP contribution in [0.3, 0.4) is 0 Å². The van der Waals surface area contributed by atoms with E-state index in [2.05, 4.69) is 16.1 Å². The highest BCUT2D eigenvalue weighted by atomic mass is 32.2. The van der Waals surface area contributed by atoms with Crippen molar-refractivity contribution in [2.24, 2.45) is 0 Å². The second-order valence-electron chi connectivity index (χ2n) is 7.32. The maximum Gasteiger partial charge on any atom is 0.322 e. The lowest BCUT2D eigenvalue weighted by Crippen LogP contribution is -2.52. The molecule has 2 unspecified atom stereocenters. The van der Waals surface area contributed by atoms with Crippen LogP contribution in [0.2, 0.25) is 0 Å². The van der Waals surface area contributed by atoms with E-state index >= 15 is 0 Å². The number of hydrogen-bond acceptors (Lipinski definition) is 8. The number of carboxylic acids is 1. The number of carboxylic acid groups (broad SMARTS) is 1. The maximum atomic E-state index is 13.0. The third-order valence-corrected chi connectivity index (χ3v) is 6.42. The molecule has 162 valence electrons. The predicted octanol–water partition coefficient (Wildman–Crippen LogP) is 0.613. The molecule has 4 rings (SSSR count). The lowest BCUT2D eigenvalue weighted by Gasteiger charge is -2.31. The van der Waals surface area contributed by atoms with Gasteiger partial charge in [0.05, 0.1) is 0 Å². The first-order valence-electron chi connectivity index (χ1n) is 9.64. The number of aliphatic hydroxyl groups excluding tert-OH is 1. The Hall–Kier alpha value is -3.31. The number of ketones is 1. The van der Waals surface area contributed by atoms with Crippen LogP contribution < -0.4 is 16.1 Å². The molecule has 5 N–H and O–H groups in total. The van der Waals surface area contributed by atoms with Gasteiger partial charge >= 0.3 is 5.97 Å². The molecule has 10 nitrogen and oxygen atoms in total. The summed E-state index contributed by atoms with van der Waals surface area (Å²) in [5.74, 6) is -3.58. The number of rotatable bonds is 5. The number of aliphatic carboxylic acids is 1. The van der Waals surface area contributed by atoms with E-state index in [1.165, 1.54) is 16.4 Å². The third-order valence-electron chi connectivity index (χ3n) is 5.27. The fraction of sp³-hybridized carbons (Fsp3) is 0.300. The summed E-state index contributed by atoms with van der Waals surface area (Å²) in [6, 6.07) is 8.03. The fourth-order valence-electron chi connectivity index (χ4n) is 3.84. The van der Waals surface area contributed by atoms with Crippen molar-refractivity contribution in [2.75, 3.05) is 6.54 Å². The second kappa shape index (κ2) is 8.44. The summed E-state index contributed by atoms with van der Waals surface area (Å²) in [6.07, 6.45) is 1.70. The Balaban J connectivity index is 1.46. The molecule has 0 saturated carbocycles. The van der Waals surface area contributed by atoms with Gasteiger partial charge in [-0.05, 0) is 42.5 Å². The monoisotopic (exact) mass is 444 g/mol. The molecule has 31 heavy (non-hydrogen) atoms. The highest BCUT2D eigenvalue weighted by Crippen LogP contribution is 2.46. The van der Waals surface area contributed by atoms with Gasteiger partial charge < -0.3 is 20.8 Å². The fourth-order valence-corrected chi connectivity index (χ4v) is 5.14. The molecule has 0 fully saturated rings. The number of nitrogens with zero attached hydrogens (tertiary/aromatic N) is 1. The smallest absolute Gasteiger partial charge is 0.322 e. The van der Waals surface area contributed by atoms with E-state index in [1.54, 1.807) is 24.3 Å². The van der Waals surface area contributed by atoms with Gasteiger partial charge in [0.2, 0.25) is 5.88 Å². The van der Waals surface area contributed by atoms with Crippen LogP contribution in [0.15, 0.2) is 52.3 Å². The predicted molar refractivity (Wildman–Crippen MR) is 110 cm³/mol. The normalized spacial score (nSPS) is 23.0. The first kappa shape index (κ1) is 20.9. The highest BCUT2D eigenvalue weighted by molar-refractivity contribution is 8.01. The van der Waals surface area contributed by atoms with Gasteiger partial charge in [-0.2, -0.15) is 0 Å². The van der Waals surface area contributed by atoms with Crippen molar-refractivity contribution >= 4 is 35.5 Å². The molecule has 2 heterocycles. The van der Waals surface area contributed by atoms with Gasteiger partial charge in [-0.25, -0.2) is 0 Å². The zero-order valence-corrected chi connectivity index (χ0v) is 17.1. The van der Waals surface area contributed by atoms with Crippen molar-refractivity contribution in [3.8, 4) is 0 Å². The van der Waals surface area contributed by atoms with E-state index < -0.39 is 41.7 Å². The van der Waals surface area contributed by atoms with Gasteiger partial charge in [0.25, 0.3) is 11.8 Å². The van der Waals surface area contributed by atoms with Crippen LogP contribution in [0.1, 0.15) is 29.6 Å². The molecule has 2 amide bonds. The molecule has 2 aliphatic heterocycles. The summed E-state index contributed by atoms with van der Waals surface area (Å²) in [4.78, 5) is 49.2. The summed E-state index contributed by atoms with van der Waals surface area (Å²) in [7, 11) is 0. The number of aliphatic hydroxyl groups is 1. The average molecular weight is 444 g/mol. The van der Waals surface area contributed by atoms with E-state index in [0.29, 0.717) is 24.8 Å². The molecule has 2 atom stereocenters. The average Bonchev–Trinajstić information content (AvgIpc) is 3.10. The number of carbonyl (C=O) groups is 4. The molecule has 0 aromatic heterocycles. The molecule has 3 aliphatic rings. The van der Waals surface area contributed by atoms with Gasteiger partial charge in [0.15, 0.2) is 5.78 Å². The zero-order chi connectivity index (χ0) is 22.1. The summed E-state index contributed by atoms with van der Waals surface area (Å²) in [5, 5.41) is 24.0. The number of benzene rings is 1. The maximum absolute atomic E-state index is 13.0. The first-order chi connectivity index (χ1) is 14.8. The summed E-state index contributed by atoms with van der Waals surface area (Å²) < 4.78 is 1.48. The summed E-state index contributed by atoms with van der Waals surface area (Å²) in [5.41, 5.74) is 3.56. The van der Waals surface area contributed by atoms with E-state index in [9.17, 15) is 24.3 Å². The van der Waals surface area contributed by atoms with Crippen LogP contribution in [0.25, 0.3) is 0 Å². The van der Waals surface area contributed by atoms with Gasteiger partial charge in [-0.15, -0.1) is 4.41 Å². The molecule has 1 aromatic rings. The van der Waals surface area contributed by atoms with Crippen molar-refractivity contribution < 1.29 is 29.4 Å². The molecule has 0 radical (unpaired) electrons. The van der Waals surface area contributed by atoms with Crippen LogP contribution in [0.5, 0.6) is 0 Å². The molecule has 0 saturated heterocycles. The number of carbonyl (C=O) groups excluding carboxylic acids is 3. The number of amides is 2. The largest absolute Gasteiger partial charge is 0.493 e. The van der Waals surface area contributed by atoms with E-state index in [0.717, 1.165) is 10.5 Å². The van der Waals surface area contributed by atoms with Gasteiger partial charge in [0.1, 0.15) is 18.2 Å². The highest BCUT2D eigenvalue weighted by Gasteiger charge is 2.47. The Bertz CT molecular complexity index is 1020. The third kappa shape index (κ3) is 4.14. The lowest BCUT2D eigenvalue weighted by atomic mass is 9.86. The van der Waals surface area contributed by atoms with E-state index in [1.807, 2.05) is 6.07 Å². The van der Waals surface area contributed by atoms with Crippen molar-refractivity contribution in [2.45, 2.75) is 31.3 Å². The minimum absolute atomic E-state index is 0.102.